The Morgan fingerprint density at radius 3 is 2.72 bits per heavy atom. The fourth-order valence-electron chi connectivity index (χ4n) is 2.43. The number of benzene rings is 1. The summed E-state index contributed by atoms with van der Waals surface area (Å²) >= 11 is 0. The van der Waals surface area contributed by atoms with E-state index in [1.165, 1.54) is 16.7 Å². The van der Waals surface area contributed by atoms with Gasteiger partial charge < -0.3 is 20.8 Å². The molecule has 0 bridgehead atoms. The van der Waals surface area contributed by atoms with E-state index in [2.05, 4.69) is 15.6 Å². The van der Waals surface area contributed by atoms with Crippen LogP contribution in [-0.2, 0) is 6.54 Å². The second kappa shape index (κ2) is 8.29. The van der Waals surface area contributed by atoms with Crippen LogP contribution in [0.25, 0.3) is 0 Å². The Kier molecular flexibility index (Phi) is 6.13. The molecule has 4 N–H and O–H groups in total. The van der Waals surface area contributed by atoms with Gasteiger partial charge in [0.2, 0.25) is 0 Å². The number of carbonyl (C=O) groups is 1. The molecule has 0 saturated heterocycles. The Morgan fingerprint density at radius 2 is 2.04 bits per heavy atom. The number of urea groups is 1. The minimum atomic E-state index is -0.927. The molecule has 8 heteroatoms. The summed E-state index contributed by atoms with van der Waals surface area (Å²) in [4.78, 5) is 27.4. The number of nitrogens with zero attached hydrogens (tertiary/aromatic N) is 2. The third-order valence-electron chi connectivity index (χ3n) is 3.68. The number of phenolic OH excluding ortho intramolecular Hbond substituents is 1. The summed E-state index contributed by atoms with van der Waals surface area (Å²) in [5.41, 5.74) is 1.59. The lowest BCUT2D eigenvalue weighted by atomic mass is 10.1. The molecule has 0 saturated carbocycles. The first-order valence-electron chi connectivity index (χ1n) is 7.90. The van der Waals surface area contributed by atoms with Crippen molar-refractivity contribution in [2.45, 2.75) is 26.5 Å². The first-order chi connectivity index (χ1) is 11.9. The van der Waals surface area contributed by atoms with Gasteiger partial charge in [-0.2, -0.15) is 4.98 Å². The number of nitrogens with one attached hydrogen (secondary N) is 2. The number of aryl methyl sites for hydroxylation is 2. The molecular formula is C17H22N4O4. The topological polar surface area (TPSA) is 116 Å². The molecule has 0 radical (unpaired) electrons. The minimum absolute atomic E-state index is 0.000347. The summed E-state index contributed by atoms with van der Waals surface area (Å²) in [6.45, 7) is 4.12. The third kappa shape index (κ3) is 5.32. The molecule has 2 rings (SSSR count). The molecule has 25 heavy (non-hydrogen) atoms. The molecule has 0 fully saturated rings. The fraction of sp³-hybridized carbons (Fsp3) is 0.353. The van der Waals surface area contributed by atoms with Crippen molar-refractivity contribution in [3.05, 3.63) is 57.8 Å². The van der Waals surface area contributed by atoms with E-state index in [9.17, 15) is 19.8 Å². The van der Waals surface area contributed by atoms with Crippen molar-refractivity contribution in [3.8, 4) is 5.75 Å². The van der Waals surface area contributed by atoms with Gasteiger partial charge >= 0.3 is 11.7 Å². The highest BCUT2D eigenvalue weighted by atomic mass is 16.3. The molecule has 0 aliphatic heterocycles. The Labute approximate surface area is 145 Å². The van der Waals surface area contributed by atoms with E-state index in [4.69, 9.17) is 0 Å². The maximum Gasteiger partial charge on any atom is 0.348 e. The van der Waals surface area contributed by atoms with Crippen molar-refractivity contribution in [3.63, 3.8) is 0 Å². The monoisotopic (exact) mass is 346 g/mol. The fourth-order valence-corrected chi connectivity index (χ4v) is 2.43. The molecule has 1 atom stereocenters. The molecule has 0 aliphatic carbocycles. The van der Waals surface area contributed by atoms with Crippen molar-refractivity contribution < 1.29 is 15.0 Å². The standard InChI is InChI=1S/C17H22N4O4/c1-11-8-12(2)21(17(25)20-11)7-6-18-16(24)19-10-15(23)13-4-3-5-14(22)9-13/h3-5,8-9,15,22-23H,6-7,10H2,1-2H3,(H2,18,19,24)/t15-/m1/s1. The number of rotatable bonds is 6. The molecule has 1 heterocycles. The lowest BCUT2D eigenvalue weighted by Crippen LogP contribution is -2.40. The first kappa shape index (κ1) is 18.5. The van der Waals surface area contributed by atoms with Crippen molar-refractivity contribution >= 4 is 6.03 Å². The second-order valence-corrected chi connectivity index (χ2v) is 5.72. The molecule has 0 spiro atoms. The lowest BCUT2D eigenvalue weighted by molar-refractivity contribution is 0.173. The lowest BCUT2D eigenvalue weighted by Gasteiger charge is -2.14. The van der Waals surface area contributed by atoms with Gasteiger partial charge in [0.25, 0.3) is 0 Å². The van der Waals surface area contributed by atoms with Crippen molar-refractivity contribution in [2.75, 3.05) is 13.1 Å². The van der Waals surface area contributed by atoms with E-state index in [0.29, 0.717) is 17.8 Å². The summed E-state index contributed by atoms with van der Waals surface area (Å²) < 4.78 is 1.48. The predicted molar refractivity (Wildman–Crippen MR) is 92.4 cm³/mol. The quantitative estimate of drug-likeness (QED) is 0.611. The van der Waals surface area contributed by atoms with Gasteiger partial charge in [0.1, 0.15) is 5.75 Å². The smallest absolute Gasteiger partial charge is 0.348 e. The molecular weight excluding hydrogens is 324 g/mol. The van der Waals surface area contributed by atoms with Crippen LogP contribution in [0, 0.1) is 13.8 Å². The van der Waals surface area contributed by atoms with Gasteiger partial charge in [0, 0.05) is 31.0 Å². The van der Waals surface area contributed by atoms with E-state index in [1.807, 2.05) is 6.92 Å². The number of phenols is 1. The average Bonchev–Trinajstić information content (AvgIpc) is 2.55. The largest absolute Gasteiger partial charge is 0.508 e. The van der Waals surface area contributed by atoms with E-state index < -0.39 is 12.1 Å². The highest BCUT2D eigenvalue weighted by Gasteiger charge is 2.10. The van der Waals surface area contributed by atoms with Crippen LogP contribution in [0.5, 0.6) is 5.75 Å². The van der Waals surface area contributed by atoms with Gasteiger partial charge in [-0.1, -0.05) is 12.1 Å². The molecule has 134 valence electrons. The van der Waals surface area contributed by atoms with Crippen LogP contribution >= 0.6 is 0 Å². The van der Waals surface area contributed by atoms with Gasteiger partial charge in [-0.15, -0.1) is 0 Å². The maximum atomic E-state index is 11.8. The molecule has 1 aromatic heterocycles. The van der Waals surface area contributed by atoms with Crippen LogP contribution in [0.3, 0.4) is 0 Å². The normalized spacial score (nSPS) is 11.8. The van der Waals surface area contributed by atoms with E-state index in [-0.39, 0.29) is 24.5 Å². The Morgan fingerprint density at radius 1 is 1.28 bits per heavy atom. The Hall–Kier alpha value is -2.87. The van der Waals surface area contributed by atoms with Crippen LogP contribution in [-0.4, -0.2) is 38.9 Å². The van der Waals surface area contributed by atoms with E-state index in [1.54, 1.807) is 25.1 Å². The van der Waals surface area contributed by atoms with Crippen LogP contribution in [0.1, 0.15) is 23.1 Å². The number of aromatic hydroxyl groups is 1. The summed E-state index contributed by atoms with van der Waals surface area (Å²) in [5, 5.41) is 24.5. The number of hydrogen-bond acceptors (Lipinski definition) is 5. The van der Waals surface area contributed by atoms with Crippen LogP contribution in [0.4, 0.5) is 4.79 Å². The van der Waals surface area contributed by atoms with Crippen LogP contribution in [0.2, 0.25) is 0 Å². The zero-order valence-electron chi connectivity index (χ0n) is 14.2. The van der Waals surface area contributed by atoms with Crippen LogP contribution < -0.4 is 16.3 Å². The summed E-state index contributed by atoms with van der Waals surface area (Å²) in [6, 6.07) is 7.55. The van der Waals surface area contributed by atoms with Crippen molar-refractivity contribution in [1.82, 2.24) is 20.2 Å². The Balaban J connectivity index is 1.79. The maximum absolute atomic E-state index is 11.8. The Bertz CT molecular complexity index is 803. The number of carbonyl (C=O) groups excluding carboxylic acids is 1. The molecule has 0 unspecified atom stereocenters. The average molecular weight is 346 g/mol. The molecule has 8 nitrogen and oxygen atoms in total. The molecule has 2 aromatic rings. The molecule has 0 aliphatic rings. The molecule has 1 aromatic carbocycles. The highest BCUT2D eigenvalue weighted by Crippen LogP contribution is 2.17. The molecule has 2 amide bonds. The van der Waals surface area contributed by atoms with Crippen LogP contribution in [0.15, 0.2) is 35.1 Å². The number of aliphatic hydroxyl groups is 1. The van der Waals surface area contributed by atoms with E-state index >= 15 is 0 Å². The van der Waals surface area contributed by atoms with Gasteiger partial charge in [-0.05, 0) is 37.6 Å². The van der Waals surface area contributed by atoms with Gasteiger partial charge in [0.15, 0.2) is 0 Å². The van der Waals surface area contributed by atoms with Gasteiger partial charge in [-0.25, -0.2) is 9.59 Å². The zero-order valence-corrected chi connectivity index (χ0v) is 14.2. The van der Waals surface area contributed by atoms with E-state index in [0.717, 1.165) is 5.69 Å². The zero-order chi connectivity index (χ0) is 18.4. The third-order valence-corrected chi connectivity index (χ3v) is 3.68. The number of hydrogen-bond donors (Lipinski definition) is 4. The van der Waals surface area contributed by atoms with Crippen molar-refractivity contribution in [1.29, 1.82) is 0 Å². The number of aliphatic hydroxyl groups excluding tert-OH is 1. The second-order valence-electron chi connectivity index (χ2n) is 5.72. The minimum Gasteiger partial charge on any atom is -0.508 e. The number of aromatic nitrogens is 2. The summed E-state index contributed by atoms with van der Waals surface area (Å²) in [7, 11) is 0. The highest BCUT2D eigenvalue weighted by molar-refractivity contribution is 5.73. The summed E-state index contributed by atoms with van der Waals surface area (Å²) in [6.07, 6.45) is -0.927. The van der Waals surface area contributed by atoms with Crippen molar-refractivity contribution in [2.24, 2.45) is 0 Å². The SMILES string of the molecule is Cc1cc(C)n(CCNC(=O)NC[C@@H](O)c2cccc(O)c2)c(=O)n1. The summed E-state index contributed by atoms with van der Waals surface area (Å²) in [5.74, 6) is 0.0496. The van der Waals surface area contributed by atoms with Gasteiger partial charge in [-0.3, -0.25) is 4.57 Å². The predicted octanol–water partition coefficient (Wildman–Crippen LogP) is 0.599. The number of amides is 2. The first-order valence-corrected chi connectivity index (χ1v) is 7.90. The van der Waals surface area contributed by atoms with Gasteiger partial charge in [0.05, 0.1) is 6.10 Å².